The van der Waals surface area contributed by atoms with Gasteiger partial charge >= 0.3 is 0 Å². The first kappa shape index (κ1) is 23.6. The Labute approximate surface area is 178 Å². The molecule has 0 spiro atoms. The molecule has 164 valence electrons. The molecule has 8 nitrogen and oxygen atoms in total. The fourth-order valence-corrected chi connectivity index (χ4v) is 3.36. The largest absolute Gasteiger partial charge is 0.384 e. The minimum absolute atomic E-state index is 0.0440. The average Bonchev–Trinajstić information content (AvgIpc) is 2.60. The average molecular weight is 434 g/mol. The summed E-state index contributed by atoms with van der Waals surface area (Å²) in [6.07, 6.45) is 0. The Balaban J connectivity index is 2.47. The molecule has 0 aliphatic rings. The van der Waals surface area contributed by atoms with Gasteiger partial charge in [0.15, 0.2) is 5.03 Å². The first-order valence-corrected chi connectivity index (χ1v) is 11.2. The third-order valence-electron chi connectivity index (χ3n) is 5.04. The minimum Gasteiger partial charge on any atom is -0.384 e. The minimum atomic E-state index is -4.19. The summed E-state index contributed by atoms with van der Waals surface area (Å²) in [4.78, 5) is 21.4. The van der Waals surface area contributed by atoms with Gasteiger partial charge in [0, 0.05) is 16.6 Å². The van der Waals surface area contributed by atoms with Crippen LogP contribution in [0.3, 0.4) is 0 Å². The van der Waals surface area contributed by atoms with Gasteiger partial charge in [0.05, 0.1) is 5.56 Å². The van der Waals surface area contributed by atoms with Crippen LogP contribution >= 0.6 is 0 Å². The van der Waals surface area contributed by atoms with E-state index in [0.717, 1.165) is 5.69 Å². The van der Waals surface area contributed by atoms with Crippen LogP contribution in [-0.2, 0) is 15.4 Å². The molecule has 0 aromatic carbocycles. The van der Waals surface area contributed by atoms with E-state index in [0.29, 0.717) is 5.82 Å². The second-order valence-electron chi connectivity index (χ2n) is 9.18. The number of sulfonamides is 1. The maximum absolute atomic E-state index is 12.9. The lowest BCUT2D eigenvalue weighted by molar-refractivity contribution is 0.0981. The zero-order chi connectivity index (χ0) is 22.9. The highest BCUT2D eigenvalue weighted by atomic mass is 32.2. The Bertz CT molecular complexity index is 1040. The van der Waals surface area contributed by atoms with E-state index in [1.807, 2.05) is 34.6 Å². The number of carbonyl (C=O) groups is 1. The number of aromatic nitrogens is 2. The number of hydrogen-bond donors (Lipinski definition) is 3. The lowest BCUT2D eigenvalue weighted by Gasteiger charge is -2.32. The van der Waals surface area contributed by atoms with Gasteiger partial charge in [-0.2, -0.15) is 8.42 Å². The normalized spacial score (nSPS) is 12.7. The van der Waals surface area contributed by atoms with E-state index in [4.69, 9.17) is 5.73 Å². The fraction of sp³-hybridized carbons (Fsp3) is 0.476. The Kier molecular flexibility index (Phi) is 6.46. The SMILES string of the molecule is CC(C)C(C)(C)Nc1nc(C(C)(C)C)ccc1C(=O)NS(=O)(=O)c1cccc(N)n1. The van der Waals surface area contributed by atoms with Gasteiger partial charge in [0.2, 0.25) is 0 Å². The number of nitrogen functional groups attached to an aromatic ring is 1. The van der Waals surface area contributed by atoms with Crippen molar-refractivity contribution in [3.63, 3.8) is 0 Å². The predicted molar refractivity (Wildman–Crippen MR) is 119 cm³/mol. The van der Waals surface area contributed by atoms with Crippen LogP contribution in [0.15, 0.2) is 35.4 Å². The van der Waals surface area contributed by atoms with Crippen molar-refractivity contribution >= 4 is 27.6 Å². The molecular weight excluding hydrogens is 402 g/mol. The van der Waals surface area contributed by atoms with Gasteiger partial charge in [-0.15, -0.1) is 0 Å². The Morgan fingerprint density at radius 3 is 2.20 bits per heavy atom. The monoisotopic (exact) mass is 433 g/mol. The number of nitrogens with one attached hydrogen (secondary N) is 2. The number of carbonyl (C=O) groups excluding carboxylic acids is 1. The molecule has 0 bridgehead atoms. The second kappa shape index (κ2) is 8.22. The molecule has 0 unspecified atom stereocenters. The molecule has 0 fully saturated rings. The Hall–Kier alpha value is -2.68. The van der Waals surface area contributed by atoms with Crippen molar-refractivity contribution in [2.24, 2.45) is 5.92 Å². The molecule has 30 heavy (non-hydrogen) atoms. The van der Waals surface area contributed by atoms with Crippen LogP contribution < -0.4 is 15.8 Å². The highest BCUT2D eigenvalue weighted by Crippen LogP contribution is 2.28. The van der Waals surface area contributed by atoms with Crippen molar-refractivity contribution < 1.29 is 13.2 Å². The lowest BCUT2D eigenvalue weighted by Crippen LogP contribution is -2.39. The molecule has 9 heteroatoms. The van der Waals surface area contributed by atoms with Crippen molar-refractivity contribution in [2.45, 2.75) is 64.4 Å². The highest BCUT2D eigenvalue weighted by molar-refractivity contribution is 7.90. The van der Waals surface area contributed by atoms with Gasteiger partial charge < -0.3 is 11.1 Å². The number of rotatable bonds is 6. The summed E-state index contributed by atoms with van der Waals surface area (Å²) in [7, 11) is -4.19. The second-order valence-corrected chi connectivity index (χ2v) is 10.8. The number of hydrogen-bond acceptors (Lipinski definition) is 7. The Morgan fingerprint density at radius 2 is 1.67 bits per heavy atom. The molecule has 2 rings (SSSR count). The van der Waals surface area contributed by atoms with Gasteiger partial charge in [-0.3, -0.25) is 4.79 Å². The number of amides is 1. The maximum Gasteiger partial charge on any atom is 0.281 e. The van der Waals surface area contributed by atoms with Crippen LogP contribution in [0.1, 0.15) is 64.5 Å². The van der Waals surface area contributed by atoms with Gasteiger partial charge in [0.1, 0.15) is 11.6 Å². The summed E-state index contributed by atoms with van der Waals surface area (Å²) in [6, 6.07) is 7.51. The van der Waals surface area contributed by atoms with Crippen molar-refractivity contribution in [3.8, 4) is 0 Å². The first-order chi connectivity index (χ1) is 13.6. The summed E-state index contributed by atoms with van der Waals surface area (Å²) >= 11 is 0. The fourth-order valence-electron chi connectivity index (χ4n) is 2.41. The summed E-state index contributed by atoms with van der Waals surface area (Å²) in [5, 5.41) is 2.99. The molecule has 2 aromatic rings. The van der Waals surface area contributed by atoms with Crippen LogP contribution in [0.4, 0.5) is 11.6 Å². The lowest BCUT2D eigenvalue weighted by atomic mass is 9.89. The Morgan fingerprint density at radius 1 is 1.03 bits per heavy atom. The summed E-state index contributed by atoms with van der Waals surface area (Å²) in [5.41, 5.74) is 5.85. The molecule has 0 atom stereocenters. The van der Waals surface area contributed by atoms with E-state index in [1.165, 1.54) is 18.2 Å². The van der Waals surface area contributed by atoms with Gasteiger partial charge in [0.25, 0.3) is 15.9 Å². The quantitative estimate of drug-likeness (QED) is 0.637. The smallest absolute Gasteiger partial charge is 0.281 e. The number of nitrogens with two attached hydrogens (primary N) is 1. The molecule has 2 aromatic heterocycles. The number of anilines is 2. The third kappa shape index (κ3) is 5.47. The van der Waals surface area contributed by atoms with Crippen LogP contribution in [0.5, 0.6) is 0 Å². The van der Waals surface area contributed by atoms with Crippen LogP contribution in [-0.4, -0.2) is 29.8 Å². The van der Waals surface area contributed by atoms with Crippen molar-refractivity contribution in [3.05, 3.63) is 41.6 Å². The van der Waals surface area contributed by atoms with E-state index in [1.54, 1.807) is 12.1 Å². The van der Waals surface area contributed by atoms with Crippen molar-refractivity contribution in [2.75, 3.05) is 11.1 Å². The molecule has 0 aliphatic heterocycles. The van der Waals surface area contributed by atoms with Crippen molar-refractivity contribution in [1.82, 2.24) is 14.7 Å². The molecular formula is C21H31N5O3S. The first-order valence-electron chi connectivity index (χ1n) is 9.73. The zero-order valence-corrected chi connectivity index (χ0v) is 19.4. The topological polar surface area (TPSA) is 127 Å². The van der Waals surface area contributed by atoms with Crippen LogP contribution in [0.2, 0.25) is 0 Å². The number of nitrogens with zero attached hydrogens (tertiary/aromatic N) is 2. The third-order valence-corrected chi connectivity index (χ3v) is 6.27. The van der Waals surface area contributed by atoms with Gasteiger partial charge in [-0.1, -0.05) is 40.7 Å². The van der Waals surface area contributed by atoms with E-state index >= 15 is 0 Å². The van der Waals surface area contributed by atoms with Gasteiger partial charge in [-0.05, 0) is 44.0 Å². The van der Waals surface area contributed by atoms with E-state index < -0.39 is 15.9 Å². The molecule has 0 saturated carbocycles. The summed E-state index contributed by atoms with van der Waals surface area (Å²) in [5.74, 6) is -0.195. The van der Waals surface area contributed by atoms with Gasteiger partial charge in [-0.25, -0.2) is 14.7 Å². The maximum atomic E-state index is 12.9. The summed E-state index contributed by atoms with van der Waals surface area (Å²) in [6.45, 7) is 14.1. The molecule has 1 amide bonds. The van der Waals surface area contributed by atoms with E-state index in [-0.39, 0.29) is 33.3 Å². The summed E-state index contributed by atoms with van der Waals surface area (Å²) < 4.78 is 27.3. The highest BCUT2D eigenvalue weighted by Gasteiger charge is 2.28. The van der Waals surface area contributed by atoms with Crippen LogP contribution in [0, 0.1) is 5.92 Å². The molecule has 0 saturated heterocycles. The van der Waals surface area contributed by atoms with E-state index in [9.17, 15) is 13.2 Å². The molecule has 4 N–H and O–H groups in total. The standard InChI is InChI=1S/C21H31N5O3S/c1-13(2)21(6,7)25-18-14(11-12-15(23-18)20(3,4)5)19(27)26-30(28,29)17-10-8-9-16(22)24-17/h8-13H,1-7H3,(H2,22,24)(H,23,25)(H,26,27). The van der Waals surface area contributed by atoms with E-state index in [2.05, 4.69) is 33.9 Å². The zero-order valence-electron chi connectivity index (χ0n) is 18.6. The number of pyridine rings is 2. The van der Waals surface area contributed by atoms with Crippen molar-refractivity contribution in [1.29, 1.82) is 0 Å². The molecule has 2 heterocycles. The molecule has 0 radical (unpaired) electrons. The molecule has 0 aliphatic carbocycles. The van der Waals surface area contributed by atoms with Crippen LogP contribution in [0.25, 0.3) is 0 Å². The predicted octanol–water partition coefficient (Wildman–Crippen LogP) is 3.32.